The molecule has 0 atom stereocenters. The summed E-state index contributed by atoms with van der Waals surface area (Å²) in [6.07, 6.45) is 5.42. The molecule has 2 aromatic rings. The lowest BCUT2D eigenvalue weighted by Gasteiger charge is -2.11. The molecular weight excluding hydrogens is 200 g/mol. The number of aromatic nitrogens is 2. The van der Waals surface area contributed by atoms with Gasteiger partial charge in [0.25, 0.3) is 0 Å². The van der Waals surface area contributed by atoms with Crippen LogP contribution in [0.15, 0.2) is 30.6 Å². The van der Waals surface area contributed by atoms with Crippen LogP contribution in [0, 0.1) is 0 Å². The zero-order valence-corrected chi connectivity index (χ0v) is 9.66. The summed E-state index contributed by atoms with van der Waals surface area (Å²) in [5.74, 6) is 1.91. The maximum atomic E-state index is 5.39. The topological polar surface area (TPSA) is 37.9 Å². The summed E-state index contributed by atoms with van der Waals surface area (Å²) in [5, 5.41) is 0. The van der Waals surface area contributed by atoms with Gasteiger partial charge in [-0.1, -0.05) is 19.1 Å². The van der Waals surface area contributed by atoms with Crippen LogP contribution in [0.25, 0.3) is 0 Å². The molecule has 0 amide bonds. The second-order valence-corrected chi connectivity index (χ2v) is 3.66. The number of aryl methyl sites for hydroxylation is 1. The standard InChI is InChI=1S/C13H16N2O/c1-3-10-5-4-6-12(16-2)11(10)9-13-14-7-8-15-13/h4-8H,3,9H2,1-2H3,(H,14,15). The van der Waals surface area contributed by atoms with Crippen LogP contribution in [-0.4, -0.2) is 17.1 Å². The Labute approximate surface area is 95.5 Å². The summed E-state index contributed by atoms with van der Waals surface area (Å²) in [4.78, 5) is 7.37. The highest BCUT2D eigenvalue weighted by Crippen LogP contribution is 2.24. The first-order chi connectivity index (χ1) is 7.85. The highest BCUT2D eigenvalue weighted by Gasteiger charge is 2.09. The Bertz CT molecular complexity index is 427. The number of H-pyrrole nitrogens is 1. The molecule has 3 nitrogen and oxygen atoms in total. The molecule has 0 aliphatic heterocycles. The minimum atomic E-state index is 0.792. The van der Waals surface area contributed by atoms with E-state index in [4.69, 9.17) is 4.74 Å². The average Bonchev–Trinajstić information content (AvgIpc) is 2.82. The lowest BCUT2D eigenvalue weighted by Crippen LogP contribution is -2.00. The van der Waals surface area contributed by atoms with E-state index in [-0.39, 0.29) is 0 Å². The monoisotopic (exact) mass is 216 g/mol. The second kappa shape index (κ2) is 4.84. The Balaban J connectivity index is 2.37. The molecule has 84 valence electrons. The van der Waals surface area contributed by atoms with Gasteiger partial charge < -0.3 is 9.72 Å². The van der Waals surface area contributed by atoms with Gasteiger partial charge in [-0.05, 0) is 18.1 Å². The fourth-order valence-corrected chi connectivity index (χ4v) is 1.90. The number of nitrogens with zero attached hydrogens (tertiary/aromatic N) is 1. The molecule has 1 aromatic heterocycles. The third-order valence-electron chi connectivity index (χ3n) is 2.73. The zero-order valence-electron chi connectivity index (χ0n) is 9.66. The number of ether oxygens (including phenoxy) is 1. The summed E-state index contributed by atoms with van der Waals surface area (Å²) < 4.78 is 5.39. The van der Waals surface area contributed by atoms with Crippen molar-refractivity contribution in [2.24, 2.45) is 0 Å². The van der Waals surface area contributed by atoms with E-state index in [0.29, 0.717) is 0 Å². The average molecular weight is 216 g/mol. The van der Waals surface area contributed by atoms with E-state index in [1.54, 1.807) is 13.3 Å². The minimum absolute atomic E-state index is 0.792. The molecule has 0 saturated heterocycles. The molecule has 0 aliphatic rings. The third kappa shape index (κ3) is 2.08. The van der Waals surface area contributed by atoms with Crippen molar-refractivity contribution in [3.8, 4) is 5.75 Å². The predicted octanol–water partition coefficient (Wildman–Crippen LogP) is 2.57. The minimum Gasteiger partial charge on any atom is -0.496 e. The van der Waals surface area contributed by atoms with Crippen molar-refractivity contribution >= 4 is 0 Å². The van der Waals surface area contributed by atoms with Crippen molar-refractivity contribution in [3.05, 3.63) is 47.5 Å². The molecule has 16 heavy (non-hydrogen) atoms. The molecule has 0 fully saturated rings. The number of methoxy groups -OCH3 is 1. The molecule has 0 unspecified atom stereocenters. The molecule has 0 radical (unpaired) electrons. The molecule has 0 saturated carbocycles. The van der Waals surface area contributed by atoms with Crippen molar-refractivity contribution in [2.75, 3.05) is 7.11 Å². The number of rotatable bonds is 4. The molecule has 1 aromatic carbocycles. The van der Waals surface area contributed by atoms with E-state index in [1.807, 2.05) is 18.3 Å². The summed E-state index contributed by atoms with van der Waals surface area (Å²) in [5.41, 5.74) is 2.54. The first-order valence-electron chi connectivity index (χ1n) is 5.48. The van der Waals surface area contributed by atoms with Gasteiger partial charge in [-0.2, -0.15) is 0 Å². The van der Waals surface area contributed by atoms with E-state index >= 15 is 0 Å². The number of hydrogen-bond acceptors (Lipinski definition) is 2. The Hall–Kier alpha value is -1.77. The summed E-state index contributed by atoms with van der Waals surface area (Å²) in [6.45, 7) is 2.15. The first kappa shape index (κ1) is 10.7. The van der Waals surface area contributed by atoms with Crippen molar-refractivity contribution in [2.45, 2.75) is 19.8 Å². The van der Waals surface area contributed by atoms with E-state index in [2.05, 4.69) is 23.0 Å². The smallest absolute Gasteiger partial charge is 0.122 e. The normalized spacial score (nSPS) is 10.4. The summed E-state index contributed by atoms with van der Waals surface area (Å²) in [7, 11) is 1.71. The number of aromatic amines is 1. The lowest BCUT2D eigenvalue weighted by atomic mass is 10.0. The quantitative estimate of drug-likeness (QED) is 0.853. The summed E-state index contributed by atoms with van der Waals surface area (Å²) in [6, 6.07) is 6.17. The Morgan fingerprint density at radius 2 is 2.25 bits per heavy atom. The Morgan fingerprint density at radius 1 is 1.38 bits per heavy atom. The first-order valence-corrected chi connectivity index (χ1v) is 5.48. The molecule has 2 rings (SSSR count). The second-order valence-electron chi connectivity index (χ2n) is 3.66. The fraction of sp³-hybridized carbons (Fsp3) is 0.308. The van der Waals surface area contributed by atoms with Gasteiger partial charge in [0.1, 0.15) is 11.6 Å². The SMILES string of the molecule is CCc1cccc(OC)c1Cc1ncc[nH]1. The van der Waals surface area contributed by atoms with Crippen molar-refractivity contribution in [1.82, 2.24) is 9.97 Å². The molecule has 0 aliphatic carbocycles. The van der Waals surface area contributed by atoms with Crippen LogP contribution in [0.1, 0.15) is 23.9 Å². The van der Waals surface area contributed by atoms with E-state index in [0.717, 1.165) is 24.4 Å². The Kier molecular flexibility index (Phi) is 3.25. The van der Waals surface area contributed by atoms with Crippen LogP contribution in [0.3, 0.4) is 0 Å². The van der Waals surface area contributed by atoms with Crippen LogP contribution in [0.2, 0.25) is 0 Å². The number of hydrogen-bond donors (Lipinski definition) is 1. The van der Waals surface area contributed by atoms with Crippen molar-refractivity contribution in [3.63, 3.8) is 0 Å². The largest absolute Gasteiger partial charge is 0.496 e. The number of imidazole rings is 1. The Morgan fingerprint density at radius 3 is 2.88 bits per heavy atom. The van der Waals surface area contributed by atoms with Crippen LogP contribution in [-0.2, 0) is 12.8 Å². The van der Waals surface area contributed by atoms with Gasteiger partial charge >= 0.3 is 0 Å². The van der Waals surface area contributed by atoms with Crippen molar-refractivity contribution in [1.29, 1.82) is 0 Å². The van der Waals surface area contributed by atoms with Gasteiger partial charge in [-0.25, -0.2) is 4.98 Å². The van der Waals surface area contributed by atoms with Crippen LogP contribution in [0.4, 0.5) is 0 Å². The maximum absolute atomic E-state index is 5.39. The zero-order chi connectivity index (χ0) is 11.4. The summed E-state index contributed by atoms with van der Waals surface area (Å²) >= 11 is 0. The van der Waals surface area contributed by atoms with E-state index in [9.17, 15) is 0 Å². The van der Waals surface area contributed by atoms with Gasteiger partial charge in [-0.15, -0.1) is 0 Å². The van der Waals surface area contributed by atoms with Gasteiger partial charge in [0, 0.05) is 24.4 Å². The van der Waals surface area contributed by atoms with Crippen LogP contribution >= 0.6 is 0 Å². The third-order valence-corrected chi connectivity index (χ3v) is 2.73. The van der Waals surface area contributed by atoms with Crippen LogP contribution < -0.4 is 4.74 Å². The molecule has 1 heterocycles. The number of benzene rings is 1. The van der Waals surface area contributed by atoms with Gasteiger partial charge in [0.05, 0.1) is 7.11 Å². The highest BCUT2D eigenvalue weighted by molar-refractivity contribution is 5.42. The molecule has 1 N–H and O–H groups in total. The predicted molar refractivity (Wildman–Crippen MR) is 63.8 cm³/mol. The van der Waals surface area contributed by atoms with E-state index < -0.39 is 0 Å². The fourth-order valence-electron chi connectivity index (χ4n) is 1.90. The molecule has 3 heteroatoms. The van der Waals surface area contributed by atoms with Gasteiger partial charge in [-0.3, -0.25) is 0 Å². The van der Waals surface area contributed by atoms with Gasteiger partial charge in [0.2, 0.25) is 0 Å². The van der Waals surface area contributed by atoms with Gasteiger partial charge in [0.15, 0.2) is 0 Å². The maximum Gasteiger partial charge on any atom is 0.122 e. The lowest BCUT2D eigenvalue weighted by molar-refractivity contribution is 0.409. The number of nitrogens with one attached hydrogen (secondary N) is 1. The molecule has 0 bridgehead atoms. The van der Waals surface area contributed by atoms with E-state index in [1.165, 1.54) is 11.1 Å². The molecular formula is C13H16N2O. The van der Waals surface area contributed by atoms with Crippen LogP contribution in [0.5, 0.6) is 5.75 Å². The highest BCUT2D eigenvalue weighted by atomic mass is 16.5. The molecule has 0 spiro atoms. The van der Waals surface area contributed by atoms with Crippen molar-refractivity contribution < 1.29 is 4.74 Å².